The van der Waals surface area contributed by atoms with Gasteiger partial charge in [0, 0.05) is 50.5 Å². The second kappa shape index (κ2) is 15.7. The molecule has 0 saturated carbocycles. The van der Waals surface area contributed by atoms with E-state index in [-0.39, 0.29) is 42.7 Å². The molecule has 0 spiro atoms. The first-order chi connectivity index (χ1) is 27.7. The Balaban J connectivity index is 0.00000544. The minimum absolute atomic E-state index is 0. The number of benzene rings is 5. The quantitative estimate of drug-likeness (QED) is 0.123. The van der Waals surface area contributed by atoms with Crippen LogP contribution in [0.15, 0.2) is 122 Å². The van der Waals surface area contributed by atoms with Gasteiger partial charge in [-0.05, 0) is 85.3 Å². The van der Waals surface area contributed by atoms with Crippen LogP contribution < -0.4 is 9.30 Å². The fourth-order valence-electron chi connectivity index (χ4n) is 7.63. The summed E-state index contributed by atoms with van der Waals surface area (Å²) in [5.74, 6) is 2.04. The molecule has 0 bridgehead atoms. The Morgan fingerprint density at radius 3 is 1.87 bits per heavy atom. The minimum atomic E-state index is -0.210. The molecular weight excluding hydrogens is 916 g/mol. The van der Waals surface area contributed by atoms with E-state index in [2.05, 4.69) is 219 Å². The van der Waals surface area contributed by atoms with Crippen molar-refractivity contribution < 1.29 is 30.4 Å². The van der Waals surface area contributed by atoms with Crippen molar-refractivity contribution in [2.45, 2.75) is 105 Å². The van der Waals surface area contributed by atoms with Crippen LogP contribution in [0.4, 0.5) is 0 Å². The second-order valence-corrected chi connectivity index (χ2v) is 20.0. The summed E-state index contributed by atoms with van der Waals surface area (Å²) in [6.45, 7) is 27.1. The van der Waals surface area contributed by atoms with Crippen LogP contribution in [0.1, 0.15) is 105 Å². The first-order valence-corrected chi connectivity index (χ1v) is 20.7. The number of imidazole rings is 1. The predicted molar refractivity (Wildman–Crippen MR) is 243 cm³/mol. The zero-order valence-corrected chi connectivity index (χ0v) is 39.3. The molecule has 5 aromatic carbocycles. The van der Waals surface area contributed by atoms with Crippen molar-refractivity contribution >= 4 is 21.8 Å². The van der Waals surface area contributed by atoms with Crippen LogP contribution in [0.5, 0.6) is 11.5 Å². The summed E-state index contributed by atoms with van der Waals surface area (Å²) in [5, 5.41) is 2.23. The molecule has 0 saturated heterocycles. The molecule has 3 aromatic heterocycles. The van der Waals surface area contributed by atoms with Gasteiger partial charge in [0.2, 0.25) is 0 Å². The van der Waals surface area contributed by atoms with Crippen molar-refractivity contribution in [3.63, 3.8) is 0 Å². The summed E-state index contributed by atoms with van der Waals surface area (Å²) >= 11 is 0. The molecule has 310 valence electrons. The third-order valence-corrected chi connectivity index (χ3v) is 11.2. The largest absolute Gasteiger partial charge is 0.510 e. The van der Waals surface area contributed by atoms with Gasteiger partial charge in [0.15, 0.2) is 0 Å². The van der Waals surface area contributed by atoms with E-state index in [9.17, 15) is 0 Å². The number of aromatic nitrogens is 4. The molecule has 0 radical (unpaired) electrons. The van der Waals surface area contributed by atoms with Gasteiger partial charge in [-0.25, -0.2) is 4.98 Å². The molecular formula is C54H56N4OPt-2. The van der Waals surface area contributed by atoms with E-state index in [1.807, 2.05) is 18.3 Å². The Kier molecular flexibility index (Phi) is 11.2. The SMILES string of the molecule is CC(C)(C)c1cc(-[n+]2[c-]n(-c3[c-]c(Oc4[c-]c5c(cc4)c4ccccc4n5-c4cc(C(C)(C)C)ccn4)cc(-c4ccccc4)c3)c(C(C)(C)C)c2)cc(C(C)(C)C)c1.[Pt]. The molecule has 5 nitrogen and oxygen atoms in total. The van der Waals surface area contributed by atoms with E-state index >= 15 is 0 Å². The zero-order valence-electron chi connectivity index (χ0n) is 37.1. The van der Waals surface area contributed by atoms with E-state index in [1.54, 1.807) is 0 Å². The Bertz CT molecular complexity index is 2800. The molecule has 3 heterocycles. The number of hydrogen-bond acceptors (Lipinski definition) is 2. The number of nitrogens with zero attached hydrogens (tertiary/aromatic N) is 4. The molecule has 8 rings (SSSR count). The summed E-state index contributed by atoms with van der Waals surface area (Å²) in [7, 11) is 0. The van der Waals surface area contributed by atoms with Gasteiger partial charge in [-0.2, -0.15) is 12.1 Å². The monoisotopic (exact) mass is 971 g/mol. The number of pyridine rings is 1. The topological polar surface area (TPSA) is 35.9 Å². The average molecular weight is 972 g/mol. The van der Waals surface area contributed by atoms with Crippen molar-refractivity contribution in [2.75, 3.05) is 0 Å². The molecule has 0 aliphatic carbocycles. The molecule has 8 aromatic rings. The Morgan fingerprint density at radius 1 is 0.567 bits per heavy atom. The van der Waals surface area contributed by atoms with Crippen molar-refractivity contribution in [3.05, 3.63) is 162 Å². The van der Waals surface area contributed by atoms with E-state index in [0.717, 1.165) is 55.8 Å². The maximum absolute atomic E-state index is 6.82. The maximum Gasteiger partial charge on any atom is 0.267 e. The van der Waals surface area contributed by atoms with E-state index in [4.69, 9.17) is 9.72 Å². The normalized spacial score (nSPS) is 12.5. The van der Waals surface area contributed by atoms with Crippen LogP contribution in [-0.4, -0.2) is 14.1 Å². The molecule has 6 heteroatoms. The third-order valence-electron chi connectivity index (χ3n) is 11.2. The molecule has 0 atom stereocenters. The van der Waals surface area contributed by atoms with Crippen LogP contribution in [0.3, 0.4) is 0 Å². The molecule has 0 amide bonds. The Labute approximate surface area is 371 Å². The fourth-order valence-corrected chi connectivity index (χ4v) is 7.63. The minimum Gasteiger partial charge on any atom is -0.510 e. The van der Waals surface area contributed by atoms with Gasteiger partial charge in [0.1, 0.15) is 5.82 Å². The maximum atomic E-state index is 6.82. The van der Waals surface area contributed by atoms with Gasteiger partial charge in [-0.15, -0.1) is 35.2 Å². The smallest absolute Gasteiger partial charge is 0.267 e. The first kappa shape index (κ1) is 42.9. The number of fused-ring (bicyclic) bond motifs is 3. The van der Waals surface area contributed by atoms with Gasteiger partial charge in [0.25, 0.3) is 6.33 Å². The fraction of sp³-hybridized carbons (Fsp3) is 0.296. The van der Waals surface area contributed by atoms with Crippen molar-refractivity contribution in [2.24, 2.45) is 0 Å². The molecule has 0 aliphatic rings. The van der Waals surface area contributed by atoms with E-state index in [0.29, 0.717) is 11.5 Å². The van der Waals surface area contributed by atoms with Crippen molar-refractivity contribution in [1.82, 2.24) is 14.1 Å². The van der Waals surface area contributed by atoms with E-state index < -0.39 is 0 Å². The zero-order chi connectivity index (χ0) is 42.1. The van der Waals surface area contributed by atoms with Gasteiger partial charge >= 0.3 is 0 Å². The van der Waals surface area contributed by atoms with Crippen molar-refractivity contribution in [1.29, 1.82) is 0 Å². The summed E-state index contributed by atoms with van der Waals surface area (Å²) < 4.78 is 13.3. The van der Waals surface area contributed by atoms with Crippen LogP contribution in [0.2, 0.25) is 0 Å². The summed E-state index contributed by atoms with van der Waals surface area (Å²) in [4.78, 5) is 4.87. The standard InChI is InChI=1S/C54H56N4O.Pt/c1-51(2,3)38-24-25-55-50(31-38)58-47-21-17-16-20-45(47)46-23-22-43(33-48(46)58)59-44-27-37(36-18-14-13-15-19-36)26-42(32-44)57-35-56(34-49(57)54(10,11)12)41-29-39(52(4,5)6)28-40(30-41)53(7,8)9;/h13-31,34H,1-12H3;/q-2;. The number of hydrogen-bond donors (Lipinski definition) is 0. The van der Waals surface area contributed by atoms with Crippen LogP contribution in [-0.2, 0) is 42.7 Å². The van der Waals surface area contributed by atoms with Gasteiger partial charge in [-0.3, -0.25) is 4.57 Å². The van der Waals surface area contributed by atoms with Crippen LogP contribution in [0.25, 0.3) is 50.1 Å². The Morgan fingerprint density at radius 2 is 1.22 bits per heavy atom. The molecule has 0 unspecified atom stereocenters. The van der Waals surface area contributed by atoms with Crippen LogP contribution in [0, 0.1) is 18.5 Å². The molecule has 60 heavy (non-hydrogen) atoms. The van der Waals surface area contributed by atoms with Gasteiger partial charge in [0.05, 0.1) is 11.4 Å². The molecule has 0 N–H and O–H groups in total. The summed E-state index contributed by atoms with van der Waals surface area (Å²) in [5.41, 5.74) is 10.7. The van der Waals surface area contributed by atoms with E-state index in [1.165, 1.54) is 16.7 Å². The van der Waals surface area contributed by atoms with Crippen molar-refractivity contribution in [3.8, 4) is 39.8 Å². The Hall–Kier alpha value is -5.25. The summed E-state index contributed by atoms with van der Waals surface area (Å²) in [6, 6.07) is 45.9. The first-order valence-electron chi connectivity index (χ1n) is 20.7. The second-order valence-electron chi connectivity index (χ2n) is 20.0. The van der Waals surface area contributed by atoms with Gasteiger partial charge < -0.3 is 13.9 Å². The predicted octanol–water partition coefficient (Wildman–Crippen LogP) is 13.3. The number of rotatable bonds is 6. The third kappa shape index (κ3) is 8.52. The van der Waals surface area contributed by atoms with Gasteiger partial charge in [-0.1, -0.05) is 143 Å². The average Bonchev–Trinajstić information content (AvgIpc) is 3.78. The number of para-hydroxylation sites is 1. The molecule has 0 aliphatic heterocycles. The molecule has 0 fully saturated rings. The van der Waals surface area contributed by atoms with Crippen LogP contribution >= 0.6 is 0 Å². The number of ether oxygens (including phenoxy) is 1. The summed E-state index contributed by atoms with van der Waals surface area (Å²) in [6.07, 6.45) is 7.88.